The second-order valence-electron chi connectivity index (χ2n) is 4.77. The molecule has 7 heteroatoms. The smallest absolute Gasteiger partial charge is 0.334 e. The monoisotopic (exact) mass is 276 g/mol. The van der Waals surface area contributed by atoms with Crippen LogP contribution in [0.3, 0.4) is 0 Å². The zero-order valence-electron chi connectivity index (χ0n) is 10.9. The lowest BCUT2D eigenvalue weighted by Crippen LogP contribution is -2.53. The molecule has 0 aromatic rings. The molecule has 18 heavy (non-hydrogen) atoms. The van der Waals surface area contributed by atoms with Crippen LogP contribution in [-0.4, -0.2) is 65.4 Å². The molecule has 0 aromatic carbocycles. The van der Waals surface area contributed by atoms with Crippen molar-refractivity contribution in [2.75, 3.05) is 32.5 Å². The standard InChI is InChI=1S/C11H20N2O4S/c1-11(2,18-3)7-12-10(16)13-4-5-17-8(6-13)9(14)15/h8H,4-7H2,1-3H3,(H,12,16)(H,14,15). The topological polar surface area (TPSA) is 78.9 Å². The van der Waals surface area contributed by atoms with E-state index in [9.17, 15) is 9.59 Å². The average molecular weight is 276 g/mol. The highest BCUT2D eigenvalue weighted by atomic mass is 32.2. The summed E-state index contributed by atoms with van der Waals surface area (Å²) in [4.78, 5) is 24.2. The van der Waals surface area contributed by atoms with Gasteiger partial charge >= 0.3 is 12.0 Å². The second-order valence-corrected chi connectivity index (χ2v) is 6.28. The third-order valence-corrected chi connectivity index (χ3v) is 4.10. The summed E-state index contributed by atoms with van der Waals surface area (Å²) < 4.78 is 5.03. The van der Waals surface area contributed by atoms with Crippen molar-refractivity contribution in [1.29, 1.82) is 0 Å². The van der Waals surface area contributed by atoms with Crippen molar-refractivity contribution in [3.63, 3.8) is 0 Å². The molecular formula is C11H20N2O4S. The van der Waals surface area contributed by atoms with Crippen LogP contribution in [0.5, 0.6) is 0 Å². The summed E-state index contributed by atoms with van der Waals surface area (Å²) in [7, 11) is 0. The van der Waals surface area contributed by atoms with Gasteiger partial charge in [-0.3, -0.25) is 0 Å². The number of carboxylic acid groups (broad SMARTS) is 1. The van der Waals surface area contributed by atoms with E-state index < -0.39 is 12.1 Å². The van der Waals surface area contributed by atoms with Gasteiger partial charge in [-0.05, 0) is 20.1 Å². The maximum atomic E-state index is 11.9. The number of amides is 2. The summed E-state index contributed by atoms with van der Waals surface area (Å²) in [6.07, 6.45) is 1.07. The Balaban J connectivity index is 2.44. The summed E-state index contributed by atoms with van der Waals surface area (Å²) in [5.41, 5.74) is 0. The largest absolute Gasteiger partial charge is 0.479 e. The number of carbonyl (C=O) groups excluding carboxylic acids is 1. The van der Waals surface area contributed by atoms with Crippen LogP contribution in [-0.2, 0) is 9.53 Å². The SMILES string of the molecule is CSC(C)(C)CNC(=O)N1CCOC(C(=O)O)C1. The summed E-state index contributed by atoms with van der Waals surface area (Å²) in [5, 5.41) is 11.7. The lowest BCUT2D eigenvalue weighted by Gasteiger charge is -2.32. The van der Waals surface area contributed by atoms with Crippen molar-refractivity contribution in [2.45, 2.75) is 24.7 Å². The number of nitrogens with one attached hydrogen (secondary N) is 1. The van der Waals surface area contributed by atoms with E-state index in [1.165, 1.54) is 4.90 Å². The number of nitrogens with zero attached hydrogens (tertiary/aromatic N) is 1. The predicted molar refractivity (Wildman–Crippen MR) is 69.9 cm³/mol. The number of carbonyl (C=O) groups is 2. The van der Waals surface area contributed by atoms with Gasteiger partial charge in [-0.15, -0.1) is 0 Å². The molecule has 0 aliphatic carbocycles. The maximum absolute atomic E-state index is 11.9. The Morgan fingerprint density at radius 3 is 2.78 bits per heavy atom. The van der Waals surface area contributed by atoms with E-state index in [0.29, 0.717) is 13.1 Å². The van der Waals surface area contributed by atoms with E-state index >= 15 is 0 Å². The molecule has 2 N–H and O–H groups in total. The fourth-order valence-corrected chi connectivity index (χ4v) is 1.67. The molecule has 1 saturated heterocycles. The van der Waals surface area contributed by atoms with Gasteiger partial charge in [0, 0.05) is 17.8 Å². The normalized spacial score (nSPS) is 20.6. The van der Waals surface area contributed by atoms with Gasteiger partial charge in [0.25, 0.3) is 0 Å². The van der Waals surface area contributed by atoms with Crippen LogP contribution in [0, 0.1) is 0 Å². The van der Waals surface area contributed by atoms with Crippen molar-refractivity contribution in [3.05, 3.63) is 0 Å². The van der Waals surface area contributed by atoms with Gasteiger partial charge in [-0.1, -0.05) is 0 Å². The lowest BCUT2D eigenvalue weighted by molar-refractivity contribution is -0.154. The first-order chi connectivity index (χ1) is 8.35. The molecule has 0 spiro atoms. The highest BCUT2D eigenvalue weighted by Crippen LogP contribution is 2.19. The molecule has 0 aromatic heterocycles. The molecule has 1 atom stereocenters. The average Bonchev–Trinajstić information content (AvgIpc) is 2.36. The number of carboxylic acids is 1. The fourth-order valence-electron chi connectivity index (χ4n) is 1.46. The third kappa shape index (κ3) is 4.38. The minimum atomic E-state index is -1.03. The zero-order valence-corrected chi connectivity index (χ0v) is 11.7. The highest BCUT2D eigenvalue weighted by Gasteiger charge is 2.29. The Bertz CT molecular complexity index is 322. The number of aliphatic carboxylic acids is 1. The molecular weight excluding hydrogens is 256 g/mol. The van der Waals surface area contributed by atoms with E-state index in [0.717, 1.165) is 0 Å². The van der Waals surface area contributed by atoms with Crippen molar-refractivity contribution >= 4 is 23.8 Å². The lowest BCUT2D eigenvalue weighted by atomic mass is 10.2. The molecule has 2 amide bonds. The molecule has 1 unspecified atom stereocenters. The highest BCUT2D eigenvalue weighted by molar-refractivity contribution is 7.99. The number of hydrogen-bond acceptors (Lipinski definition) is 4. The van der Waals surface area contributed by atoms with Gasteiger partial charge in [0.1, 0.15) is 0 Å². The predicted octanol–water partition coefficient (Wildman–Crippen LogP) is 0.623. The number of hydrogen-bond donors (Lipinski definition) is 2. The van der Waals surface area contributed by atoms with E-state index in [1.54, 1.807) is 11.8 Å². The molecule has 6 nitrogen and oxygen atoms in total. The first-order valence-electron chi connectivity index (χ1n) is 5.78. The van der Waals surface area contributed by atoms with Crippen LogP contribution in [0.1, 0.15) is 13.8 Å². The molecule has 0 saturated carbocycles. The summed E-state index contributed by atoms with van der Waals surface area (Å²) >= 11 is 1.67. The molecule has 104 valence electrons. The third-order valence-electron chi connectivity index (χ3n) is 2.85. The van der Waals surface area contributed by atoms with Crippen LogP contribution >= 0.6 is 11.8 Å². The van der Waals surface area contributed by atoms with Gasteiger partial charge in [-0.25, -0.2) is 9.59 Å². The zero-order chi connectivity index (χ0) is 13.8. The van der Waals surface area contributed by atoms with Gasteiger partial charge < -0.3 is 20.1 Å². The van der Waals surface area contributed by atoms with E-state index in [1.807, 2.05) is 20.1 Å². The minimum absolute atomic E-state index is 0.0336. The summed E-state index contributed by atoms with van der Waals surface area (Å²) in [6, 6.07) is -0.230. The first kappa shape index (κ1) is 15.1. The van der Waals surface area contributed by atoms with Gasteiger partial charge in [0.2, 0.25) is 0 Å². The fraction of sp³-hybridized carbons (Fsp3) is 0.818. The molecule has 1 aliphatic rings. The van der Waals surface area contributed by atoms with Crippen molar-refractivity contribution in [2.24, 2.45) is 0 Å². The van der Waals surface area contributed by atoms with Gasteiger partial charge in [-0.2, -0.15) is 11.8 Å². The number of thioether (sulfide) groups is 1. The Hall–Kier alpha value is -0.950. The van der Waals surface area contributed by atoms with Crippen molar-refractivity contribution in [3.8, 4) is 0 Å². The van der Waals surface area contributed by atoms with Gasteiger partial charge in [0.05, 0.1) is 13.2 Å². The van der Waals surface area contributed by atoms with Crippen LogP contribution in [0.25, 0.3) is 0 Å². The quantitative estimate of drug-likeness (QED) is 0.787. The van der Waals surface area contributed by atoms with E-state index in [-0.39, 0.29) is 23.9 Å². The molecule has 0 radical (unpaired) electrons. The van der Waals surface area contributed by atoms with E-state index in [2.05, 4.69) is 5.32 Å². The van der Waals surface area contributed by atoms with E-state index in [4.69, 9.17) is 9.84 Å². The first-order valence-corrected chi connectivity index (χ1v) is 7.00. The maximum Gasteiger partial charge on any atom is 0.334 e. The molecule has 1 heterocycles. The number of urea groups is 1. The van der Waals surface area contributed by atoms with Crippen LogP contribution in [0.4, 0.5) is 4.79 Å². The number of morpholine rings is 1. The number of rotatable bonds is 4. The molecule has 1 fully saturated rings. The minimum Gasteiger partial charge on any atom is -0.479 e. The van der Waals surface area contributed by atoms with Crippen molar-refractivity contribution in [1.82, 2.24) is 10.2 Å². The van der Waals surface area contributed by atoms with Crippen LogP contribution in [0.15, 0.2) is 0 Å². The van der Waals surface area contributed by atoms with Crippen molar-refractivity contribution < 1.29 is 19.4 Å². The van der Waals surface area contributed by atoms with Crippen LogP contribution in [0.2, 0.25) is 0 Å². The van der Waals surface area contributed by atoms with Gasteiger partial charge in [0.15, 0.2) is 6.10 Å². The second kappa shape index (κ2) is 6.29. The summed E-state index contributed by atoms with van der Waals surface area (Å²) in [6.45, 7) is 5.41. The Labute approximate surface area is 111 Å². The summed E-state index contributed by atoms with van der Waals surface area (Å²) in [5.74, 6) is -1.03. The molecule has 0 bridgehead atoms. The molecule has 1 rings (SSSR count). The van der Waals surface area contributed by atoms with Crippen LogP contribution < -0.4 is 5.32 Å². The Morgan fingerprint density at radius 1 is 1.56 bits per heavy atom. The molecule has 1 aliphatic heterocycles. The Morgan fingerprint density at radius 2 is 2.22 bits per heavy atom. The number of ether oxygens (including phenoxy) is 1. The Kier molecular flexibility index (Phi) is 5.28.